The number of para-hydroxylation sites is 1. The van der Waals surface area contributed by atoms with Crippen LogP contribution in [0.15, 0.2) is 59.2 Å². The topological polar surface area (TPSA) is 59.8 Å². The molecule has 26 heavy (non-hydrogen) atoms. The molecule has 0 aliphatic rings. The molecular formula is C17H12BrF3N4O. The van der Waals surface area contributed by atoms with Crippen molar-refractivity contribution in [2.45, 2.75) is 12.7 Å². The highest BCUT2D eigenvalue weighted by Gasteiger charge is 2.34. The van der Waals surface area contributed by atoms with Gasteiger partial charge in [0.15, 0.2) is 5.69 Å². The van der Waals surface area contributed by atoms with Crippen LogP contribution in [0, 0.1) is 0 Å². The minimum Gasteiger partial charge on any atom is -0.347 e. The number of nitrogens with zero attached hydrogens (tertiary/aromatic N) is 3. The Morgan fingerprint density at radius 1 is 1.15 bits per heavy atom. The van der Waals surface area contributed by atoms with Crippen LogP contribution in [0.4, 0.5) is 13.2 Å². The van der Waals surface area contributed by atoms with E-state index in [1.54, 1.807) is 0 Å². The molecule has 0 spiro atoms. The maximum absolute atomic E-state index is 13.1. The molecule has 0 fully saturated rings. The highest BCUT2D eigenvalue weighted by atomic mass is 79.9. The number of carbonyl (C=O) groups excluding carboxylic acids is 1. The molecule has 134 valence electrons. The molecule has 1 aromatic heterocycles. The SMILES string of the molecule is O=C(NCc1cccc(Br)c1)c1cn(-c2ccccc2C(F)(F)F)nn1. The fourth-order valence-corrected chi connectivity index (χ4v) is 2.77. The summed E-state index contributed by atoms with van der Waals surface area (Å²) in [6.07, 6.45) is -3.37. The number of rotatable bonds is 4. The summed E-state index contributed by atoms with van der Waals surface area (Å²) in [6, 6.07) is 12.3. The average Bonchev–Trinajstić information content (AvgIpc) is 3.09. The number of alkyl halides is 3. The molecule has 0 atom stereocenters. The van der Waals surface area contributed by atoms with Gasteiger partial charge in [0, 0.05) is 11.0 Å². The normalized spacial score (nSPS) is 11.4. The fraction of sp³-hybridized carbons (Fsp3) is 0.118. The standard InChI is InChI=1S/C17H12BrF3N4O/c18-12-5-3-4-11(8-12)9-22-16(26)14-10-25(24-23-14)15-7-2-1-6-13(15)17(19,20)21/h1-8,10H,9H2,(H,22,26). The van der Waals surface area contributed by atoms with Crippen molar-refractivity contribution in [2.24, 2.45) is 0 Å². The zero-order chi connectivity index (χ0) is 18.7. The quantitative estimate of drug-likeness (QED) is 0.688. The molecule has 5 nitrogen and oxygen atoms in total. The summed E-state index contributed by atoms with van der Waals surface area (Å²) >= 11 is 3.34. The number of benzene rings is 2. The van der Waals surface area contributed by atoms with Crippen LogP contribution in [-0.4, -0.2) is 20.9 Å². The maximum Gasteiger partial charge on any atom is 0.418 e. The number of hydrogen-bond donors (Lipinski definition) is 1. The molecule has 0 radical (unpaired) electrons. The second kappa shape index (κ2) is 7.28. The first-order valence-corrected chi connectivity index (χ1v) is 8.25. The van der Waals surface area contributed by atoms with Crippen molar-refractivity contribution in [2.75, 3.05) is 0 Å². The van der Waals surface area contributed by atoms with Crippen LogP contribution >= 0.6 is 15.9 Å². The highest BCUT2D eigenvalue weighted by Crippen LogP contribution is 2.33. The summed E-state index contributed by atoms with van der Waals surface area (Å²) in [5, 5.41) is 9.97. The van der Waals surface area contributed by atoms with E-state index in [1.807, 2.05) is 24.3 Å². The molecule has 0 aliphatic carbocycles. The van der Waals surface area contributed by atoms with Crippen molar-refractivity contribution in [1.82, 2.24) is 20.3 Å². The Hall–Kier alpha value is -2.68. The fourth-order valence-electron chi connectivity index (χ4n) is 2.32. The number of halogens is 4. The molecule has 1 heterocycles. The molecule has 0 unspecified atom stereocenters. The number of nitrogens with one attached hydrogen (secondary N) is 1. The van der Waals surface area contributed by atoms with Crippen LogP contribution in [0.1, 0.15) is 21.6 Å². The summed E-state index contributed by atoms with van der Waals surface area (Å²) in [6.45, 7) is 0.254. The van der Waals surface area contributed by atoms with E-state index in [2.05, 4.69) is 31.6 Å². The maximum atomic E-state index is 13.1. The molecule has 0 saturated heterocycles. The van der Waals surface area contributed by atoms with E-state index in [9.17, 15) is 18.0 Å². The Bertz CT molecular complexity index is 940. The summed E-state index contributed by atoms with van der Waals surface area (Å²) in [5.41, 5.74) is -0.260. The Morgan fingerprint density at radius 2 is 1.92 bits per heavy atom. The third kappa shape index (κ3) is 4.10. The Balaban J connectivity index is 1.77. The van der Waals surface area contributed by atoms with Crippen LogP contribution < -0.4 is 5.32 Å². The first-order valence-electron chi connectivity index (χ1n) is 7.46. The molecule has 9 heteroatoms. The van der Waals surface area contributed by atoms with E-state index in [-0.39, 0.29) is 17.9 Å². The molecule has 0 saturated carbocycles. The monoisotopic (exact) mass is 424 g/mol. The van der Waals surface area contributed by atoms with E-state index in [0.29, 0.717) is 0 Å². The minimum absolute atomic E-state index is 0.0722. The van der Waals surface area contributed by atoms with Gasteiger partial charge in [-0.1, -0.05) is 45.4 Å². The van der Waals surface area contributed by atoms with Gasteiger partial charge in [0.2, 0.25) is 0 Å². The van der Waals surface area contributed by atoms with Crippen molar-refractivity contribution in [3.05, 3.63) is 76.0 Å². The van der Waals surface area contributed by atoms with Gasteiger partial charge < -0.3 is 5.32 Å². The smallest absolute Gasteiger partial charge is 0.347 e. The van der Waals surface area contributed by atoms with Gasteiger partial charge in [-0.2, -0.15) is 13.2 Å². The van der Waals surface area contributed by atoms with E-state index in [4.69, 9.17) is 0 Å². The van der Waals surface area contributed by atoms with Gasteiger partial charge in [-0.15, -0.1) is 5.10 Å². The molecule has 0 bridgehead atoms. The number of carbonyl (C=O) groups is 1. The minimum atomic E-state index is -4.54. The molecule has 3 aromatic rings. The van der Waals surface area contributed by atoms with E-state index in [1.165, 1.54) is 24.4 Å². The van der Waals surface area contributed by atoms with Gasteiger partial charge in [-0.05, 0) is 29.8 Å². The highest BCUT2D eigenvalue weighted by molar-refractivity contribution is 9.10. The summed E-state index contributed by atoms with van der Waals surface area (Å²) in [5.74, 6) is -0.527. The molecule has 1 amide bonds. The summed E-state index contributed by atoms with van der Waals surface area (Å²) in [4.78, 5) is 12.2. The van der Waals surface area contributed by atoms with Crippen LogP contribution in [0.5, 0.6) is 0 Å². The lowest BCUT2D eigenvalue weighted by Gasteiger charge is -2.11. The number of aromatic nitrogens is 3. The summed E-state index contributed by atoms with van der Waals surface area (Å²) in [7, 11) is 0. The van der Waals surface area contributed by atoms with E-state index < -0.39 is 17.6 Å². The van der Waals surface area contributed by atoms with E-state index >= 15 is 0 Å². The van der Waals surface area contributed by atoms with Gasteiger partial charge >= 0.3 is 6.18 Å². The van der Waals surface area contributed by atoms with Crippen LogP contribution in [-0.2, 0) is 12.7 Å². The van der Waals surface area contributed by atoms with Crippen LogP contribution in [0.2, 0.25) is 0 Å². The van der Waals surface area contributed by atoms with Gasteiger partial charge in [0.25, 0.3) is 5.91 Å². The van der Waals surface area contributed by atoms with Crippen molar-refractivity contribution < 1.29 is 18.0 Å². The van der Waals surface area contributed by atoms with Gasteiger partial charge in [0.05, 0.1) is 17.4 Å². The third-order valence-electron chi connectivity index (χ3n) is 3.52. The predicted molar refractivity (Wildman–Crippen MR) is 91.7 cm³/mol. The van der Waals surface area contributed by atoms with Crippen molar-refractivity contribution in [3.63, 3.8) is 0 Å². The number of amides is 1. The van der Waals surface area contributed by atoms with Gasteiger partial charge in [-0.25, -0.2) is 4.68 Å². The lowest BCUT2D eigenvalue weighted by atomic mass is 10.1. The first kappa shape index (κ1) is 18.1. The van der Waals surface area contributed by atoms with Gasteiger partial charge in [0.1, 0.15) is 0 Å². The second-order valence-electron chi connectivity index (χ2n) is 5.38. The van der Waals surface area contributed by atoms with Crippen molar-refractivity contribution >= 4 is 21.8 Å². The molecule has 2 aromatic carbocycles. The Kier molecular flexibility index (Phi) is 5.08. The average molecular weight is 425 g/mol. The number of hydrogen-bond acceptors (Lipinski definition) is 3. The van der Waals surface area contributed by atoms with E-state index in [0.717, 1.165) is 20.8 Å². The molecule has 3 rings (SSSR count). The molecular weight excluding hydrogens is 413 g/mol. The van der Waals surface area contributed by atoms with Crippen LogP contribution in [0.25, 0.3) is 5.69 Å². The lowest BCUT2D eigenvalue weighted by Crippen LogP contribution is -2.23. The second-order valence-corrected chi connectivity index (χ2v) is 6.29. The van der Waals surface area contributed by atoms with Crippen molar-refractivity contribution in [1.29, 1.82) is 0 Å². The molecule has 1 N–H and O–H groups in total. The zero-order valence-electron chi connectivity index (χ0n) is 13.2. The lowest BCUT2D eigenvalue weighted by molar-refractivity contribution is -0.137. The van der Waals surface area contributed by atoms with Crippen molar-refractivity contribution in [3.8, 4) is 5.69 Å². The third-order valence-corrected chi connectivity index (χ3v) is 4.02. The largest absolute Gasteiger partial charge is 0.418 e. The zero-order valence-corrected chi connectivity index (χ0v) is 14.8. The first-order chi connectivity index (χ1) is 12.3. The Morgan fingerprint density at radius 3 is 2.65 bits per heavy atom. The van der Waals surface area contributed by atoms with Crippen LogP contribution in [0.3, 0.4) is 0 Å². The molecule has 0 aliphatic heterocycles. The Labute approximate surface area is 155 Å². The predicted octanol–water partition coefficient (Wildman–Crippen LogP) is 3.98. The summed E-state index contributed by atoms with van der Waals surface area (Å²) < 4.78 is 41.1. The van der Waals surface area contributed by atoms with Gasteiger partial charge in [-0.3, -0.25) is 4.79 Å².